The summed E-state index contributed by atoms with van der Waals surface area (Å²) in [6.45, 7) is 1.94. The summed E-state index contributed by atoms with van der Waals surface area (Å²) in [4.78, 5) is 14.6. The van der Waals surface area contributed by atoms with Gasteiger partial charge in [0, 0.05) is 24.5 Å². The van der Waals surface area contributed by atoms with Gasteiger partial charge in [0.2, 0.25) is 0 Å². The number of imidazole rings is 1. The van der Waals surface area contributed by atoms with Crippen LogP contribution in [0.15, 0.2) is 36.7 Å². The Hall–Kier alpha value is -2.10. The first kappa shape index (κ1) is 11.4. The molecule has 1 aromatic heterocycles. The first-order chi connectivity index (χ1) is 8.16. The van der Waals surface area contributed by atoms with Crippen molar-refractivity contribution in [3.63, 3.8) is 0 Å². The molecule has 0 radical (unpaired) electrons. The van der Waals surface area contributed by atoms with Crippen LogP contribution in [0.5, 0.6) is 0 Å². The van der Waals surface area contributed by atoms with Gasteiger partial charge < -0.3 is 9.67 Å². The number of nitrogens with zero attached hydrogens (tertiary/aromatic N) is 2. The van der Waals surface area contributed by atoms with Crippen molar-refractivity contribution in [2.45, 2.75) is 19.8 Å². The predicted molar refractivity (Wildman–Crippen MR) is 64.3 cm³/mol. The smallest absolute Gasteiger partial charge is 0.303 e. The first-order valence-corrected chi connectivity index (χ1v) is 5.48. The van der Waals surface area contributed by atoms with Crippen molar-refractivity contribution in [1.29, 1.82) is 0 Å². The highest BCUT2D eigenvalue weighted by Crippen LogP contribution is 2.12. The van der Waals surface area contributed by atoms with Gasteiger partial charge in [-0.15, -0.1) is 0 Å². The third-order valence-electron chi connectivity index (χ3n) is 2.67. The average Bonchev–Trinajstić information content (AvgIpc) is 2.73. The lowest BCUT2D eigenvalue weighted by Gasteiger charge is -2.06. The molecule has 88 valence electrons. The maximum atomic E-state index is 10.5. The molecule has 0 aliphatic heterocycles. The van der Waals surface area contributed by atoms with Crippen LogP contribution in [0, 0.1) is 6.92 Å². The molecule has 0 atom stereocenters. The molecular weight excluding hydrogens is 216 g/mol. The summed E-state index contributed by atoms with van der Waals surface area (Å²) in [7, 11) is 0. The zero-order chi connectivity index (χ0) is 12.3. The van der Waals surface area contributed by atoms with Gasteiger partial charge in [0.1, 0.15) is 5.82 Å². The van der Waals surface area contributed by atoms with E-state index in [1.54, 1.807) is 6.20 Å². The maximum Gasteiger partial charge on any atom is 0.303 e. The molecule has 0 unspecified atom stereocenters. The molecule has 1 aromatic carbocycles. The summed E-state index contributed by atoms with van der Waals surface area (Å²) >= 11 is 0. The Labute approximate surface area is 99.5 Å². The van der Waals surface area contributed by atoms with Crippen molar-refractivity contribution in [3.8, 4) is 5.69 Å². The lowest BCUT2D eigenvalue weighted by atomic mass is 10.1. The van der Waals surface area contributed by atoms with E-state index >= 15 is 0 Å². The molecule has 4 nitrogen and oxygen atoms in total. The highest BCUT2D eigenvalue weighted by Gasteiger charge is 2.02. The van der Waals surface area contributed by atoms with E-state index in [1.165, 1.54) is 0 Å². The third-order valence-corrected chi connectivity index (χ3v) is 2.67. The summed E-state index contributed by atoms with van der Waals surface area (Å²) in [5.74, 6) is 0.169. The van der Waals surface area contributed by atoms with Gasteiger partial charge in [-0.05, 0) is 31.0 Å². The molecule has 0 amide bonds. The lowest BCUT2D eigenvalue weighted by molar-refractivity contribution is -0.136. The van der Waals surface area contributed by atoms with Crippen LogP contribution < -0.4 is 0 Å². The lowest BCUT2D eigenvalue weighted by Crippen LogP contribution is -1.98. The van der Waals surface area contributed by atoms with Gasteiger partial charge in [0.05, 0.1) is 0 Å². The van der Waals surface area contributed by atoms with Crippen molar-refractivity contribution >= 4 is 5.97 Å². The number of carbonyl (C=O) groups is 1. The Morgan fingerprint density at radius 3 is 2.59 bits per heavy atom. The number of aliphatic carboxylic acids is 1. The van der Waals surface area contributed by atoms with Crippen LogP contribution in [-0.2, 0) is 11.2 Å². The van der Waals surface area contributed by atoms with Gasteiger partial charge in [-0.25, -0.2) is 4.98 Å². The molecule has 4 heteroatoms. The van der Waals surface area contributed by atoms with Crippen LogP contribution in [-0.4, -0.2) is 20.6 Å². The van der Waals surface area contributed by atoms with E-state index in [9.17, 15) is 4.79 Å². The van der Waals surface area contributed by atoms with Gasteiger partial charge in [0.15, 0.2) is 0 Å². The highest BCUT2D eigenvalue weighted by molar-refractivity contribution is 5.67. The van der Waals surface area contributed by atoms with E-state index in [0.717, 1.165) is 17.1 Å². The van der Waals surface area contributed by atoms with Crippen molar-refractivity contribution in [2.24, 2.45) is 0 Å². The highest BCUT2D eigenvalue weighted by atomic mass is 16.4. The van der Waals surface area contributed by atoms with Gasteiger partial charge in [-0.2, -0.15) is 0 Å². The fourth-order valence-electron chi connectivity index (χ4n) is 1.73. The Kier molecular flexibility index (Phi) is 3.23. The second-order valence-corrected chi connectivity index (χ2v) is 3.90. The number of carboxylic acids is 1. The standard InChI is InChI=1S/C13H14N2O2/c1-10-14-8-9-15(10)12-5-2-11(3-6-12)4-7-13(16)17/h2-3,5-6,8-9H,4,7H2,1H3,(H,16,17). The quantitative estimate of drug-likeness (QED) is 0.876. The third kappa shape index (κ3) is 2.72. The number of hydrogen-bond acceptors (Lipinski definition) is 2. The van der Waals surface area contributed by atoms with Crippen molar-refractivity contribution < 1.29 is 9.90 Å². The fraction of sp³-hybridized carbons (Fsp3) is 0.231. The molecule has 0 spiro atoms. The number of aryl methyl sites for hydroxylation is 2. The minimum Gasteiger partial charge on any atom is -0.481 e. The number of benzene rings is 1. The van der Waals surface area contributed by atoms with E-state index in [1.807, 2.05) is 42.0 Å². The molecule has 17 heavy (non-hydrogen) atoms. The topological polar surface area (TPSA) is 55.1 Å². The molecule has 0 saturated carbocycles. The molecule has 0 bridgehead atoms. The Bertz CT molecular complexity index is 514. The van der Waals surface area contributed by atoms with Crippen LogP contribution in [0.25, 0.3) is 5.69 Å². The average molecular weight is 230 g/mol. The largest absolute Gasteiger partial charge is 0.481 e. The van der Waals surface area contributed by atoms with E-state index in [2.05, 4.69) is 4.98 Å². The zero-order valence-electron chi connectivity index (χ0n) is 9.63. The summed E-state index contributed by atoms with van der Waals surface area (Å²) in [6, 6.07) is 7.87. The van der Waals surface area contributed by atoms with E-state index in [-0.39, 0.29) is 6.42 Å². The maximum absolute atomic E-state index is 10.5. The van der Waals surface area contributed by atoms with Crippen LogP contribution in [0.2, 0.25) is 0 Å². The van der Waals surface area contributed by atoms with Crippen molar-refractivity contribution in [1.82, 2.24) is 9.55 Å². The van der Waals surface area contributed by atoms with E-state index in [0.29, 0.717) is 6.42 Å². The number of hydrogen-bond donors (Lipinski definition) is 1. The molecule has 0 aliphatic carbocycles. The Morgan fingerprint density at radius 1 is 1.35 bits per heavy atom. The summed E-state index contributed by atoms with van der Waals surface area (Å²) < 4.78 is 1.99. The summed E-state index contributed by atoms with van der Waals surface area (Å²) in [5, 5.41) is 8.60. The van der Waals surface area contributed by atoms with Crippen molar-refractivity contribution in [2.75, 3.05) is 0 Å². The van der Waals surface area contributed by atoms with Gasteiger partial charge in [-0.3, -0.25) is 4.79 Å². The number of rotatable bonds is 4. The minimum absolute atomic E-state index is 0.170. The monoisotopic (exact) mass is 230 g/mol. The van der Waals surface area contributed by atoms with Gasteiger partial charge in [0.25, 0.3) is 0 Å². The molecule has 2 aromatic rings. The normalized spacial score (nSPS) is 10.4. The molecule has 0 fully saturated rings. The summed E-state index contributed by atoms with van der Waals surface area (Å²) in [5.41, 5.74) is 2.08. The molecule has 1 heterocycles. The SMILES string of the molecule is Cc1nccn1-c1ccc(CCC(=O)O)cc1. The molecular formula is C13H14N2O2. The molecule has 1 N–H and O–H groups in total. The van der Waals surface area contributed by atoms with Crippen LogP contribution in [0.4, 0.5) is 0 Å². The number of carboxylic acid groups (broad SMARTS) is 1. The molecule has 2 rings (SSSR count). The van der Waals surface area contributed by atoms with E-state index < -0.39 is 5.97 Å². The summed E-state index contributed by atoms with van der Waals surface area (Å²) in [6.07, 6.45) is 4.40. The second-order valence-electron chi connectivity index (χ2n) is 3.90. The number of aromatic nitrogens is 2. The second kappa shape index (κ2) is 4.82. The van der Waals surface area contributed by atoms with Gasteiger partial charge in [-0.1, -0.05) is 12.1 Å². The van der Waals surface area contributed by atoms with Crippen LogP contribution >= 0.6 is 0 Å². The van der Waals surface area contributed by atoms with Crippen LogP contribution in [0.3, 0.4) is 0 Å². The molecule has 0 saturated heterocycles. The zero-order valence-corrected chi connectivity index (χ0v) is 9.63. The predicted octanol–water partition coefficient (Wildman–Crippen LogP) is 2.20. The van der Waals surface area contributed by atoms with Crippen molar-refractivity contribution in [3.05, 3.63) is 48.0 Å². The fourth-order valence-corrected chi connectivity index (χ4v) is 1.73. The first-order valence-electron chi connectivity index (χ1n) is 5.48. The van der Waals surface area contributed by atoms with Gasteiger partial charge >= 0.3 is 5.97 Å². The van der Waals surface area contributed by atoms with Crippen LogP contribution in [0.1, 0.15) is 17.8 Å². The minimum atomic E-state index is -0.764. The Morgan fingerprint density at radius 2 is 2.06 bits per heavy atom. The van der Waals surface area contributed by atoms with E-state index in [4.69, 9.17) is 5.11 Å². The Balaban J connectivity index is 2.13. The molecule has 0 aliphatic rings.